The summed E-state index contributed by atoms with van der Waals surface area (Å²) in [6, 6.07) is 3.41. The Hall–Kier alpha value is -1.10. The zero-order valence-corrected chi connectivity index (χ0v) is 9.20. The van der Waals surface area contributed by atoms with E-state index in [1.54, 1.807) is 12.1 Å². The summed E-state index contributed by atoms with van der Waals surface area (Å²) >= 11 is 0. The van der Waals surface area contributed by atoms with Gasteiger partial charge in [0.1, 0.15) is 5.25 Å². The van der Waals surface area contributed by atoms with Crippen LogP contribution >= 0.6 is 0 Å². The monoisotopic (exact) mass is 226 g/mol. The first kappa shape index (κ1) is 10.4. The van der Waals surface area contributed by atoms with Crippen LogP contribution in [0, 0.1) is 0 Å². The molecule has 2 rings (SSSR count). The molecule has 0 amide bonds. The maximum absolute atomic E-state index is 11.8. The lowest BCUT2D eigenvalue weighted by Gasteiger charge is -2.21. The average Bonchev–Trinajstić information content (AvgIpc) is 2.19. The lowest BCUT2D eigenvalue weighted by Crippen LogP contribution is -2.22. The molecule has 5 heteroatoms. The Kier molecular flexibility index (Phi) is 2.65. The Morgan fingerprint density at radius 3 is 2.73 bits per heavy atom. The maximum Gasteiger partial charge on any atom is 0.158 e. The molecule has 0 radical (unpaired) electrons. The maximum atomic E-state index is 11.8. The van der Waals surface area contributed by atoms with Crippen LogP contribution in [0.5, 0.6) is 0 Å². The van der Waals surface area contributed by atoms with Crippen LogP contribution in [0.25, 0.3) is 0 Å². The number of sulfone groups is 1. The molecule has 15 heavy (non-hydrogen) atoms. The van der Waals surface area contributed by atoms with E-state index in [2.05, 4.69) is 4.98 Å². The number of pyridine rings is 1. The normalized spacial score (nSPS) is 24.9. The second-order valence-corrected chi connectivity index (χ2v) is 6.17. The van der Waals surface area contributed by atoms with Crippen LogP contribution in [-0.4, -0.2) is 19.2 Å². The summed E-state index contributed by atoms with van der Waals surface area (Å²) in [5.74, 6) is 0.281. The van der Waals surface area contributed by atoms with Crippen LogP contribution in [0.15, 0.2) is 18.3 Å². The van der Waals surface area contributed by atoms with E-state index < -0.39 is 15.1 Å². The molecule has 1 aromatic rings. The fraction of sp³-hybridized carbons (Fsp3) is 0.500. The molecular weight excluding hydrogens is 212 g/mol. The summed E-state index contributed by atoms with van der Waals surface area (Å²) in [5, 5.41) is -0.424. The molecule has 1 aliphatic rings. The quantitative estimate of drug-likeness (QED) is 0.783. The SMILES string of the molecule is Nc1ccc(C2CCCCS2(=O)=O)nc1. The van der Waals surface area contributed by atoms with Crippen molar-refractivity contribution in [2.24, 2.45) is 0 Å². The second kappa shape index (κ2) is 3.81. The van der Waals surface area contributed by atoms with Crippen LogP contribution in [0.3, 0.4) is 0 Å². The first-order chi connectivity index (χ1) is 7.09. The van der Waals surface area contributed by atoms with Crippen LogP contribution in [0.1, 0.15) is 30.2 Å². The first-order valence-corrected chi connectivity index (χ1v) is 6.74. The van der Waals surface area contributed by atoms with Gasteiger partial charge in [-0.05, 0) is 25.0 Å². The van der Waals surface area contributed by atoms with Gasteiger partial charge in [-0.3, -0.25) is 4.98 Å². The molecule has 82 valence electrons. The first-order valence-electron chi connectivity index (χ1n) is 5.02. The van der Waals surface area contributed by atoms with Gasteiger partial charge in [-0.1, -0.05) is 6.42 Å². The van der Waals surface area contributed by atoms with Gasteiger partial charge in [-0.2, -0.15) is 0 Å². The van der Waals surface area contributed by atoms with Crippen molar-refractivity contribution < 1.29 is 8.42 Å². The fourth-order valence-electron chi connectivity index (χ4n) is 1.89. The molecular formula is C10H14N2O2S. The third-order valence-corrected chi connectivity index (χ3v) is 4.92. The van der Waals surface area contributed by atoms with Crippen molar-refractivity contribution in [1.82, 2.24) is 4.98 Å². The van der Waals surface area contributed by atoms with E-state index in [-0.39, 0.29) is 5.75 Å². The Morgan fingerprint density at radius 1 is 1.33 bits per heavy atom. The van der Waals surface area contributed by atoms with E-state index in [9.17, 15) is 8.42 Å². The third-order valence-electron chi connectivity index (χ3n) is 2.72. The number of aromatic nitrogens is 1. The number of nitrogens with two attached hydrogens (primary N) is 1. The zero-order valence-electron chi connectivity index (χ0n) is 8.39. The van der Waals surface area contributed by atoms with E-state index in [0.29, 0.717) is 17.8 Å². The van der Waals surface area contributed by atoms with E-state index in [0.717, 1.165) is 12.8 Å². The predicted molar refractivity (Wildman–Crippen MR) is 59.0 cm³/mol. The summed E-state index contributed by atoms with van der Waals surface area (Å²) in [5.41, 5.74) is 6.70. The summed E-state index contributed by atoms with van der Waals surface area (Å²) in [7, 11) is -2.99. The Bertz CT molecular complexity index is 439. The van der Waals surface area contributed by atoms with Crippen LogP contribution in [-0.2, 0) is 9.84 Å². The molecule has 1 fully saturated rings. The molecule has 1 aliphatic heterocycles. The molecule has 0 saturated carbocycles. The van der Waals surface area contributed by atoms with Gasteiger partial charge in [-0.15, -0.1) is 0 Å². The lowest BCUT2D eigenvalue weighted by atomic mass is 10.1. The van der Waals surface area contributed by atoms with E-state index in [1.807, 2.05) is 0 Å². The van der Waals surface area contributed by atoms with Crippen molar-refractivity contribution in [3.05, 3.63) is 24.0 Å². The molecule has 1 aromatic heterocycles. The second-order valence-electron chi connectivity index (χ2n) is 3.87. The standard InChI is InChI=1S/C10H14N2O2S/c11-8-4-5-9(12-7-8)10-3-1-2-6-15(10,13)14/h4-5,7,10H,1-3,6,11H2. The summed E-state index contributed by atoms with van der Waals surface area (Å²) in [6.07, 6.45) is 3.92. The number of anilines is 1. The molecule has 4 nitrogen and oxygen atoms in total. The largest absolute Gasteiger partial charge is 0.397 e. The summed E-state index contributed by atoms with van der Waals surface area (Å²) < 4.78 is 23.6. The van der Waals surface area contributed by atoms with Gasteiger partial charge in [0.2, 0.25) is 0 Å². The van der Waals surface area contributed by atoms with Crippen LogP contribution < -0.4 is 5.73 Å². The minimum Gasteiger partial charge on any atom is -0.397 e. The Morgan fingerprint density at radius 2 is 2.13 bits per heavy atom. The number of rotatable bonds is 1. The highest BCUT2D eigenvalue weighted by Gasteiger charge is 2.30. The minimum absolute atomic E-state index is 0.281. The van der Waals surface area contributed by atoms with Gasteiger partial charge in [0.15, 0.2) is 9.84 Å². The number of nitrogen functional groups attached to an aromatic ring is 1. The fourth-order valence-corrected chi connectivity index (χ4v) is 3.82. The van der Waals surface area contributed by atoms with Crippen molar-refractivity contribution in [3.8, 4) is 0 Å². The number of hydrogen-bond acceptors (Lipinski definition) is 4. The van der Waals surface area contributed by atoms with Crippen molar-refractivity contribution in [1.29, 1.82) is 0 Å². The van der Waals surface area contributed by atoms with Gasteiger partial charge >= 0.3 is 0 Å². The molecule has 0 aromatic carbocycles. The average molecular weight is 226 g/mol. The highest BCUT2D eigenvalue weighted by atomic mass is 32.2. The topological polar surface area (TPSA) is 73.1 Å². The van der Waals surface area contributed by atoms with Gasteiger partial charge < -0.3 is 5.73 Å². The van der Waals surface area contributed by atoms with Gasteiger partial charge in [0, 0.05) is 0 Å². The molecule has 1 saturated heterocycles. The smallest absolute Gasteiger partial charge is 0.158 e. The van der Waals surface area contributed by atoms with Crippen molar-refractivity contribution in [2.45, 2.75) is 24.5 Å². The number of nitrogens with zero attached hydrogens (tertiary/aromatic N) is 1. The highest BCUT2D eigenvalue weighted by Crippen LogP contribution is 2.32. The van der Waals surface area contributed by atoms with E-state index >= 15 is 0 Å². The van der Waals surface area contributed by atoms with Crippen LogP contribution in [0.4, 0.5) is 5.69 Å². The van der Waals surface area contributed by atoms with Crippen molar-refractivity contribution in [3.63, 3.8) is 0 Å². The van der Waals surface area contributed by atoms with Gasteiger partial charge in [-0.25, -0.2) is 8.42 Å². The molecule has 2 N–H and O–H groups in total. The van der Waals surface area contributed by atoms with Gasteiger partial charge in [0.25, 0.3) is 0 Å². The Balaban J connectivity index is 2.33. The highest BCUT2D eigenvalue weighted by molar-refractivity contribution is 7.91. The molecule has 1 unspecified atom stereocenters. The predicted octanol–water partition coefficient (Wildman–Crippen LogP) is 1.30. The molecule has 0 spiro atoms. The summed E-state index contributed by atoms with van der Waals surface area (Å²) in [4.78, 5) is 4.09. The molecule has 0 bridgehead atoms. The van der Waals surface area contributed by atoms with Gasteiger partial charge in [0.05, 0.1) is 23.3 Å². The molecule has 0 aliphatic carbocycles. The third kappa shape index (κ3) is 2.12. The van der Waals surface area contributed by atoms with Crippen molar-refractivity contribution >= 4 is 15.5 Å². The lowest BCUT2D eigenvalue weighted by molar-refractivity contribution is 0.543. The van der Waals surface area contributed by atoms with E-state index in [4.69, 9.17) is 5.73 Å². The number of hydrogen-bond donors (Lipinski definition) is 1. The summed E-state index contributed by atoms with van der Waals surface area (Å²) in [6.45, 7) is 0. The molecule has 1 atom stereocenters. The van der Waals surface area contributed by atoms with E-state index in [1.165, 1.54) is 6.20 Å². The molecule has 2 heterocycles. The van der Waals surface area contributed by atoms with Crippen LogP contribution in [0.2, 0.25) is 0 Å². The minimum atomic E-state index is -2.99. The zero-order chi connectivity index (χ0) is 10.9. The van der Waals surface area contributed by atoms with Crippen molar-refractivity contribution in [2.75, 3.05) is 11.5 Å². The Labute approximate surface area is 89.4 Å².